The molecule has 2 unspecified atom stereocenters. The molecular formula is C16H23NO2. The fourth-order valence-corrected chi connectivity index (χ4v) is 3.25. The molecule has 0 amide bonds. The molecule has 1 aromatic carbocycles. The summed E-state index contributed by atoms with van der Waals surface area (Å²) in [7, 11) is 0. The maximum atomic E-state index is 10.7. The van der Waals surface area contributed by atoms with E-state index < -0.39 is 5.97 Å². The van der Waals surface area contributed by atoms with Gasteiger partial charge in [-0.25, -0.2) is 0 Å². The number of hydrogen-bond donors (Lipinski definition) is 1. The first-order valence-corrected chi connectivity index (χ1v) is 7.23. The SMILES string of the molecule is CCC(c1ccccc1)C1CCCN1CCC(=O)O. The molecular weight excluding hydrogens is 238 g/mol. The summed E-state index contributed by atoms with van der Waals surface area (Å²) in [4.78, 5) is 13.1. The van der Waals surface area contributed by atoms with E-state index in [1.54, 1.807) is 0 Å². The van der Waals surface area contributed by atoms with Crippen molar-refractivity contribution >= 4 is 5.97 Å². The first-order valence-electron chi connectivity index (χ1n) is 7.23. The van der Waals surface area contributed by atoms with Crippen molar-refractivity contribution in [1.29, 1.82) is 0 Å². The van der Waals surface area contributed by atoms with E-state index >= 15 is 0 Å². The van der Waals surface area contributed by atoms with E-state index in [4.69, 9.17) is 5.11 Å². The molecule has 1 heterocycles. The van der Waals surface area contributed by atoms with E-state index in [0.717, 1.165) is 13.0 Å². The van der Waals surface area contributed by atoms with E-state index in [0.29, 0.717) is 18.5 Å². The molecule has 0 spiro atoms. The molecule has 1 fully saturated rings. The molecule has 1 aliphatic heterocycles. The fraction of sp³-hybridized carbons (Fsp3) is 0.562. The number of carbonyl (C=O) groups is 1. The summed E-state index contributed by atoms with van der Waals surface area (Å²) >= 11 is 0. The summed E-state index contributed by atoms with van der Waals surface area (Å²) in [6.45, 7) is 3.95. The second-order valence-electron chi connectivity index (χ2n) is 5.31. The van der Waals surface area contributed by atoms with Gasteiger partial charge in [0.2, 0.25) is 0 Å². The maximum Gasteiger partial charge on any atom is 0.304 e. The van der Waals surface area contributed by atoms with Crippen LogP contribution < -0.4 is 0 Å². The van der Waals surface area contributed by atoms with Crippen molar-refractivity contribution < 1.29 is 9.90 Å². The van der Waals surface area contributed by atoms with Crippen LogP contribution in [0.1, 0.15) is 44.1 Å². The van der Waals surface area contributed by atoms with E-state index in [-0.39, 0.29) is 6.42 Å². The Bertz CT molecular complexity index is 404. The van der Waals surface area contributed by atoms with Crippen molar-refractivity contribution in [3.05, 3.63) is 35.9 Å². The van der Waals surface area contributed by atoms with E-state index in [1.807, 2.05) is 6.07 Å². The van der Waals surface area contributed by atoms with Crippen molar-refractivity contribution in [2.45, 2.75) is 44.6 Å². The average molecular weight is 261 g/mol. The molecule has 3 heteroatoms. The molecule has 1 aromatic rings. The molecule has 0 aromatic heterocycles. The van der Waals surface area contributed by atoms with Gasteiger partial charge >= 0.3 is 5.97 Å². The van der Waals surface area contributed by atoms with Crippen LogP contribution in [0.2, 0.25) is 0 Å². The summed E-state index contributed by atoms with van der Waals surface area (Å²) < 4.78 is 0. The number of nitrogens with zero attached hydrogens (tertiary/aromatic N) is 1. The third-order valence-electron chi connectivity index (χ3n) is 4.16. The number of hydrogen-bond acceptors (Lipinski definition) is 2. The van der Waals surface area contributed by atoms with Gasteiger partial charge in [-0.05, 0) is 37.3 Å². The van der Waals surface area contributed by atoms with Gasteiger partial charge in [-0.1, -0.05) is 37.3 Å². The molecule has 0 aliphatic carbocycles. The lowest BCUT2D eigenvalue weighted by atomic mass is 9.87. The lowest BCUT2D eigenvalue weighted by Crippen LogP contribution is -2.35. The third-order valence-corrected chi connectivity index (χ3v) is 4.16. The highest BCUT2D eigenvalue weighted by Gasteiger charge is 2.31. The minimum absolute atomic E-state index is 0.252. The van der Waals surface area contributed by atoms with Crippen molar-refractivity contribution in [2.24, 2.45) is 0 Å². The number of rotatable bonds is 6. The molecule has 1 saturated heterocycles. The fourth-order valence-electron chi connectivity index (χ4n) is 3.25. The van der Waals surface area contributed by atoms with Crippen LogP contribution >= 0.6 is 0 Å². The smallest absolute Gasteiger partial charge is 0.304 e. The van der Waals surface area contributed by atoms with Crippen molar-refractivity contribution in [1.82, 2.24) is 4.90 Å². The first-order chi connectivity index (χ1) is 9.22. The van der Waals surface area contributed by atoms with E-state index in [1.165, 1.54) is 18.4 Å². The second-order valence-corrected chi connectivity index (χ2v) is 5.31. The summed E-state index contributed by atoms with van der Waals surface area (Å²) in [5.74, 6) is -0.170. The van der Waals surface area contributed by atoms with Crippen LogP contribution in [0.3, 0.4) is 0 Å². The number of benzene rings is 1. The molecule has 2 rings (SSSR count). The quantitative estimate of drug-likeness (QED) is 0.855. The van der Waals surface area contributed by atoms with Gasteiger partial charge in [0.1, 0.15) is 0 Å². The normalized spacial score (nSPS) is 21.4. The molecule has 1 aliphatic rings. The van der Waals surface area contributed by atoms with Crippen LogP contribution in [0, 0.1) is 0 Å². The Morgan fingerprint density at radius 1 is 1.42 bits per heavy atom. The van der Waals surface area contributed by atoms with Crippen molar-refractivity contribution in [3.8, 4) is 0 Å². The molecule has 3 nitrogen and oxygen atoms in total. The molecule has 1 N–H and O–H groups in total. The van der Waals surface area contributed by atoms with Crippen molar-refractivity contribution in [3.63, 3.8) is 0 Å². The first kappa shape index (κ1) is 14.1. The Balaban J connectivity index is 2.06. The number of aliphatic carboxylic acids is 1. The predicted octanol–water partition coefficient (Wildman–Crippen LogP) is 3.12. The standard InChI is InChI=1S/C16H23NO2/c1-2-14(13-7-4-3-5-8-13)15-9-6-11-17(15)12-10-16(18)19/h3-5,7-8,14-15H,2,6,9-12H2,1H3,(H,18,19). The predicted molar refractivity (Wildman–Crippen MR) is 76.3 cm³/mol. The van der Waals surface area contributed by atoms with Gasteiger partial charge in [-0.3, -0.25) is 9.69 Å². The molecule has 19 heavy (non-hydrogen) atoms. The summed E-state index contributed by atoms with van der Waals surface area (Å²) in [5.41, 5.74) is 1.39. The third kappa shape index (κ3) is 3.57. The Kier molecular flexibility index (Phi) is 4.97. The zero-order valence-corrected chi connectivity index (χ0v) is 11.6. The van der Waals surface area contributed by atoms with Crippen LogP contribution in [-0.2, 0) is 4.79 Å². The van der Waals surface area contributed by atoms with Crippen molar-refractivity contribution in [2.75, 3.05) is 13.1 Å². The number of carboxylic acid groups (broad SMARTS) is 1. The molecule has 104 valence electrons. The zero-order chi connectivity index (χ0) is 13.7. The van der Waals surface area contributed by atoms with Gasteiger partial charge < -0.3 is 5.11 Å². The minimum atomic E-state index is -0.696. The highest BCUT2D eigenvalue weighted by atomic mass is 16.4. The second kappa shape index (κ2) is 6.71. The average Bonchev–Trinajstić information content (AvgIpc) is 2.87. The lowest BCUT2D eigenvalue weighted by Gasteiger charge is -2.31. The lowest BCUT2D eigenvalue weighted by molar-refractivity contribution is -0.137. The van der Waals surface area contributed by atoms with Gasteiger partial charge in [0.05, 0.1) is 6.42 Å². The molecule has 0 radical (unpaired) electrons. The monoisotopic (exact) mass is 261 g/mol. The molecule has 2 atom stereocenters. The van der Waals surface area contributed by atoms with Crippen LogP contribution in [0.5, 0.6) is 0 Å². The highest BCUT2D eigenvalue weighted by molar-refractivity contribution is 5.66. The number of carboxylic acids is 1. The van der Waals surface area contributed by atoms with Crippen LogP contribution in [-0.4, -0.2) is 35.1 Å². The Labute approximate surface area is 115 Å². The van der Waals surface area contributed by atoms with Gasteiger partial charge in [0, 0.05) is 12.6 Å². The minimum Gasteiger partial charge on any atom is -0.481 e. The Morgan fingerprint density at radius 2 is 2.16 bits per heavy atom. The molecule has 0 bridgehead atoms. The summed E-state index contributed by atoms with van der Waals surface area (Å²) in [6, 6.07) is 11.1. The van der Waals surface area contributed by atoms with Gasteiger partial charge in [-0.15, -0.1) is 0 Å². The summed E-state index contributed by atoms with van der Waals surface area (Å²) in [6.07, 6.45) is 3.74. The zero-order valence-electron chi connectivity index (χ0n) is 11.6. The van der Waals surface area contributed by atoms with Crippen LogP contribution in [0.15, 0.2) is 30.3 Å². The van der Waals surface area contributed by atoms with Gasteiger partial charge in [-0.2, -0.15) is 0 Å². The van der Waals surface area contributed by atoms with Gasteiger partial charge in [0.25, 0.3) is 0 Å². The van der Waals surface area contributed by atoms with E-state index in [2.05, 4.69) is 36.1 Å². The Hall–Kier alpha value is -1.35. The topological polar surface area (TPSA) is 40.5 Å². The molecule has 0 saturated carbocycles. The number of likely N-dealkylation sites (tertiary alicyclic amines) is 1. The van der Waals surface area contributed by atoms with Gasteiger partial charge in [0.15, 0.2) is 0 Å². The Morgan fingerprint density at radius 3 is 2.79 bits per heavy atom. The highest BCUT2D eigenvalue weighted by Crippen LogP contribution is 2.33. The van der Waals surface area contributed by atoms with Crippen LogP contribution in [0.25, 0.3) is 0 Å². The van der Waals surface area contributed by atoms with E-state index in [9.17, 15) is 4.79 Å². The van der Waals surface area contributed by atoms with Crippen LogP contribution in [0.4, 0.5) is 0 Å². The largest absolute Gasteiger partial charge is 0.481 e. The maximum absolute atomic E-state index is 10.7. The summed E-state index contributed by atoms with van der Waals surface area (Å²) in [5, 5.41) is 8.85.